The molecule has 0 saturated heterocycles. The van der Waals surface area contributed by atoms with Gasteiger partial charge in [0, 0.05) is 24.8 Å². The average Bonchev–Trinajstić information content (AvgIpc) is 2.46. The van der Waals surface area contributed by atoms with Crippen molar-refractivity contribution in [2.24, 2.45) is 0 Å². The van der Waals surface area contributed by atoms with Crippen LogP contribution in [0.15, 0.2) is 42.5 Å². The van der Waals surface area contributed by atoms with Crippen LogP contribution in [-0.2, 0) is 0 Å². The molecular weight excluding hydrogens is 274 g/mol. The van der Waals surface area contributed by atoms with E-state index in [2.05, 4.69) is 10.3 Å². The van der Waals surface area contributed by atoms with Crippen LogP contribution in [0.3, 0.4) is 0 Å². The molecule has 2 rings (SSSR count). The molecule has 1 aromatic heterocycles. The third kappa shape index (κ3) is 3.27. The van der Waals surface area contributed by atoms with Gasteiger partial charge in [-0.15, -0.1) is 0 Å². The fraction of sp³-hybridized carbons (Fsp3) is 0.200. The second kappa shape index (κ2) is 6.39. The fourth-order valence-corrected chi connectivity index (χ4v) is 2.06. The predicted molar refractivity (Wildman–Crippen MR) is 82.6 cm³/mol. The minimum Gasteiger partial charge on any atom is -0.370 e. The summed E-state index contributed by atoms with van der Waals surface area (Å²) in [6, 6.07) is 12.7. The van der Waals surface area contributed by atoms with Gasteiger partial charge in [-0.2, -0.15) is 0 Å². The van der Waals surface area contributed by atoms with Gasteiger partial charge in [-0.25, -0.2) is 4.98 Å². The van der Waals surface area contributed by atoms with Crippen LogP contribution in [0.2, 0.25) is 5.15 Å². The van der Waals surface area contributed by atoms with E-state index in [1.165, 1.54) is 0 Å². The van der Waals surface area contributed by atoms with Gasteiger partial charge < -0.3 is 10.2 Å². The third-order valence-electron chi connectivity index (χ3n) is 2.85. The molecule has 0 spiro atoms. The highest BCUT2D eigenvalue weighted by molar-refractivity contribution is 6.30. The monoisotopic (exact) mass is 289 g/mol. The molecule has 0 radical (unpaired) electrons. The molecular formula is C15H16ClN3O. The van der Waals surface area contributed by atoms with Crippen molar-refractivity contribution in [1.29, 1.82) is 0 Å². The molecule has 0 aliphatic carbocycles. The van der Waals surface area contributed by atoms with Crippen LogP contribution < -0.4 is 10.2 Å². The highest BCUT2D eigenvalue weighted by Crippen LogP contribution is 2.19. The van der Waals surface area contributed by atoms with Gasteiger partial charge in [-0.3, -0.25) is 4.79 Å². The molecule has 1 aromatic carbocycles. The Balaban J connectivity index is 2.29. The second-order valence-corrected chi connectivity index (χ2v) is 4.68. The van der Waals surface area contributed by atoms with E-state index in [4.69, 9.17) is 11.6 Å². The number of amides is 1. The van der Waals surface area contributed by atoms with Gasteiger partial charge in [-0.05, 0) is 31.2 Å². The van der Waals surface area contributed by atoms with Gasteiger partial charge in [-0.1, -0.05) is 29.8 Å². The Kier molecular flexibility index (Phi) is 4.58. The van der Waals surface area contributed by atoms with Crippen LogP contribution in [0.1, 0.15) is 17.3 Å². The van der Waals surface area contributed by atoms with Crippen LogP contribution >= 0.6 is 11.6 Å². The third-order valence-corrected chi connectivity index (χ3v) is 3.04. The summed E-state index contributed by atoms with van der Waals surface area (Å²) in [5.74, 6) is 0.476. The van der Waals surface area contributed by atoms with E-state index < -0.39 is 0 Å². The van der Waals surface area contributed by atoms with E-state index in [1.807, 2.05) is 37.3 Å². The van der Waals surface area contributed by atoms with Gasteiger partial charge in [0.15, 0.2) is 0 Å². The lowest BCUT2D eigenvalue weighted by Gasteiger charge is -2.17. The summed E-state index contributed by atoms with van der Waals surface area (Å²) < 4.78 is 0. The summed E-state index contributed by atoms with van der Waals surface area (Å²) in [6.45, 7) is 2.68. The smallest absolute Gasteiger partial charge is 0.258 e. The number of nitrogens with zero attached hydrogens (tertiary/aromatic N) is 2. The van der Waals surface area contributed by atoms with E-state index in [9.17, 15) is 4.79 Å². The summed E-state index contributed by atoms with van der Waals surface area (Å²) in [6.07, 6.45) is 0. The highest BCUT2D eigenvalue weighted by Gasteiger charge is 2.15. The largest absolute Gasteiger partial charge is 0.370 e. The number of hydrogen-bond donors (Lipinski definition) is 1. The van der Waals surface area contributed by atoms with Gasteiger partial charge in [0.05, 0.1) is 0 Å². The zero-order chi connectivity index (χ0) is 14.5. The maximum absolute atomic E-state index is 12.5. The Morgan fingerprint density at radius 1 is 1.30 bits per heavy atom. The normalized spacial score (nSPS) is 10.2. The van der Waals surface area contributed by atoms with Crippen LogP contribution in [0, 0.1) is 0 Å². The number of para-hydroxylation sites is 1. The molecule has 104 valence electrons. The quantitative estimate of drug-likeness (QED) is 0.877. The number of nitrogens with one attached hydrogen (secondary N) is 1. The maximum Gasteiger partial charge on any atom is 0.258 e. The zero-order valence-electron chi connectivity index (χ0n) is 11.4. The van der Waals surface area contributed by atoms with Crippen molar-refractivity contribution in [3.05, 3.63) is 53.2 Å². The summed E-state index contributed by atoms with van der Waals surface area (Å²) in [5, 5.41) is 3.36. The molecule has 0 unspecified atom stereocenters. The zero-order valence-corrected chi connectivity index (χ0v) is 12.2. The molecule has 0 bridgehead atoms. The number of hydrogen-bond acceptors (Lipinski definition) is 3. The lowest BCUT2D eigenvalue weighted by atomic mass is 10.2. The minimum atomic E-state index is -0.125. The molecule has 0 fully saturated rings. The molecule has 2 aromatic rings. The Labute approximate surface area is 123 Å². The van der Waals surface area contributed by atoms with Gasteiger partial charge in [0.25, 0.3) is 5.91 Å². The molecule has 0 aliphatic rings. The topological polar surface area (TPSA) is 45.2 Å². The Hall–Kier alpha value is -2.07. The van der Waals surface area contributed by atoms with Gasteiger partial charge in [0.1, 0.15) is 11.0 Å². The first-order valence-electron chi connectivity index (χ1n) is 6.36. The van der Waals surface area contributed by atoms with Crippen LogP contribution in [0.4, 0.5) is 11.5 Å². The van der Waals surface area contributed by atoms with Crippen molar-refractivity contribution in [2.75, 3.05) is 23.8 Å². The molecule has 0 atom stereocenters. The number of anilines is 2. The van der Waals surface area contributed by atoms with Crippen molar-refractivity contribution >= 4 is 29.0 Å². The molecule has 20 heavy (non-hydrogen) atoms. The molecule has 0 aliphatic heterocycles. The number of carbonyl (C=O) groups excluding carboxylic acids is 1. The first-order valence-corrected chi connectivity index (χ1v) is 6.74. The first kappa shape index (κ1) is 14.3. The molecule has 4 nitrogen and oxygen atoms in total. The SMILES string of the molecule is CCNc1cc(C(=O)N(C)c2ccccc2)cc(Cl)n1. The molecule has 0 saturated carbocycles. The number of benzene rings is 1. The van der Waals surface area contributed by atoms with Crippen LogP contribution in [0.25, 0.3) is 0 Å². The van der Waals surface area contributed by atoms with Crippen molar-refractivity contribution in [3.8, 4) is 0 Å². The number of pyridine rings is 1. The second-order valence-electron chi connectivity index (χ2n) is 4.29. The molecule has 5 heteroatoms. The van der Waals surface area contributed by atoms with E-state index in [0.29, 0.717) is 16.5 Å². The molecule has 1 amide bonds. The maximum atomic E-state index is 12.5. The van der Waals surface area contributed by atoms with Gasteiger partial charge >= 0.3 is 0 Å². The van der Waals surface area contributed by atoms with E-state index in [1.54, 1.807) is 24.1 Å². The number of aromatic nitrogens is 1. The molecule has 1 heterocycles. The minimum absolute atomic E-state index is 0.125. The Morgan fingerprint density at radius 3 is 2.65 bits per heavy atom. The van der Waals surface area contributed by atoms with Crippen molar-refractivity contribution in [2.45, 2.75) is 6.92 Å². The average molecular weight is 290 g/mol. The van der Waals surface area contributed by atoms with Crippen LogP contribution in [-0.4, -0.2) is 24.5 Å². The molecule has 1 N–H and O–H groups in total. The Morgan fingerprint density at radius 2 is 2.00 bits per heavy atom. The standard InChI is InChI=1S/C15H16ClN3O/c1-3-17-14-10-11(9-13(16)18-14)15(20)19(2)12-7-5-4-6-8-12/h4-10H,3H2,1-2H3,(H,17,18). The lowest BCUT2D eigenvalue weighted by Crippen LogP contribution is -2.26. The fourth-order valence-electron chi connectivity index (χ4n) is 1.85. The summed E-state index contributed by atoms with van der Waals surface area (Å²) >= 11 is 5.96. The van der Waals surface area contributed by atoms with E-state index in [-0.39, 0.29) is 5.91 Å². The summed E-state index contributed by atoms with van der Waals surface area (Å²) in [5.41, 5.74) is 1.34. The van der Waals surface area contributed by atoms with E-state index >= 15 is 0 Å². The Bertz CT molecular complexity index is 601. The van der Waals surface area contributed by atoms with E-state index in [0.717, 1.165) is 12.2 Å². The lowest BCUT2D eigenvalue weighted by molar-refractivity contribution is 0.0993. The first-order chi connectivity index (χ1) is 9.61. The van der Waals surface area contributed by atoms with Crippen molar-refractivity contribution in [1.82, 2.24) is 4.98 Å². The predicted octanol–water partition coefficient (Wildman–Crippen LogP) is 3.44. The highest BCUT2D eigenvalue weighted by atomic mass is 35.5. The van der Waals surface area contributed by atoms with Crippen molar-refractivity contribution in [3.63, 3.8) is 0 Å². The number of carbonyl (C=O) groups is 1. The summed E-state index contributed by atoms with van der Waals surface area (Å²) in [7, 11) is 1.74. The summed E-state index contributed by atoms with van der Waals surface area (Å²) in [4.78, 5) is 18.2. The number of rotatable bonds is 4. The van der Waals surface area contributed by atoms with Crippen molar-refractivity contribution < 1.29 is 4.79 Å². The van der Waals surface area contributed by atoms with Crippen LogP contribution in [0.5, 0.6) is 0 Å². The number of halogens is 1. The van der Waals surface area contributed by atoms with Gasteiger partial charge in [0.2, 0.25) is 0 Å².